The highest BCUT2D eigenvalue weighted by Crippen LogP contribution is 2.27. The van der Waals surface area contributed by atoms with E-state index in [0.717, 1.165) is 5.56 Å². The minimum atomic E-state index is -1.09. The SMILES string of the molecule is COC[C@H]1O[C@H](O)[C@H](OC)[C@@H](OCc2ccccc2)[C@H]1OC. The second-order valence-corrected chi connectivity index (χ2v) is 5.18. The van der Waals surface area contributed by atoms with Crippen molar-refractivity contribution < 1.29 is 28.8 Å². The smallest absolute Gasteiger partial charge is 0.184 e. The summed E-state index contributed by atoms with van der Waals surface area (Å²) in [5, 5.41) is 10.1. The molecule has 0 aliphatic carbocycles. The molecule has 124 valence electrons. The lowest BCUT2D eigenvalue weighted by atomic mass is 9.98. The minimum Gasteiger partial charge on any atom is -0.382 e. The summed E-state index contributed by atoms with van der Waals surface area (Å²) in [4.78, 5) is 0. The molecular weight excluding hydrogens is 288 g/mol. The van der Waals surface area contributed by atoms with Gasteiger partial charge in [0, 0.05) is 21.3 Å². The van der Waals surface area contributed by atoms with Crippen molar-refractivity contribution in [1.82, 2.24) is 0 Å². The zero-order chi connectivity index (χ0) is 15.9. The summed E-state index contributed by atoms with van der Waals surface area (Å²) in [7, 11) is 4.67. The van der Waals surface area contributed by atoms with Crippen molar-refractivity contribution in [3.8, 4) is 0 Å². The molecule has 1 N–H and O–H groups in total. The molecular formula is C16H24O6. The van der Waals surface area contributed by atoms with Crippen LogP contribution in [0.1, 0.15) is 5.56 Å². The van der Waals surface area contributed by atoms with E-state index >= 15 is 0 Å². The van der Waals surface area contributed by atoms with Gasteiger partial charge in [0.2, 0.25) is 0 Å². The normalized spacial score (nSPS) is 32.1. The third kappa shape index (κ3) is 4.04. The number of ether oxygens (including phenoxy) is 5. The van der Waals surface area contributed by atoms with Crippen molar-refractivity contribution in [2.75, 3.05) is 27.9 Å². The van der Waals surface area contributed by atoms with Crippen LogP contribution in [0.4, 0.5) is 0 Å². The van der Waals surface area contributed by atoms with Gasteiger partial charge in [-0.2, -0.15) is 0 Å². The van der Waals surface area contributed by atoms with Crippen LogP contribution in [0.15, 0.2) is 30.3 Å². The van der Waals surface area contributed by atoms with Crippen LogP contribution >= 0.6 is 0 Å². The van der Waals surface area contributed by atoms with Gasteiger partial charge >= 0.3 is 0 Å². The maximum Gasteiger partial charge on any atom is 0.184 e. The number of methoxy groups -OCH3 is 3. The Labute approximate surface area is 130 Å². The summed E-state index contributed by atoms with van der Waals surface area (Å²) in [5.41, 5.74) is 1.04. The molecule has 0 unspecified atom stereocenters. The molecule has 22 heavy (non-hydrogen) atoms. The summed E-state index contributed by atoms with van der Waals surface area (Å²) in [6.07, 6.45) is -2.98. The Morgan fingerprint density at radius 2 is 1.68 bits per heavy atom. The largest absolute Gasteiger partial charge is 0.382 e. The maximum atomic E-state index is 10.1. The summed E-state index contributed by atoms with van der Waals surface area (Å²) >= 11 is 0. The van der Waals surface area contributed by atoms with E-state index < -0.39 is 30.7 Å². The van der Waals surface area contributed by atoms with Gasteiger partial charge in [-0.15, -0.1) is 0 Å². The third-order valence-corrected chi connectivity index (χ3v) is 3.77. The van der Waals surface area contributed by atoms with E-state index in [1.807, 2.05) is 30.3 Å². The van der Waals surface area contributed by atoms with E-state index in [0.29, 0.717) is 13.2 Å². The number of hydrogen-bond acceptors (Lipinski definition) is 6. The van der Waals surface area contributed by atoms with Gasteiger partial charge in [-0.1, -0.05) is 30.3 Å². The first-order valence-corrected chi connectivity index (χ1v) is 7.24. The fourth-order valence-electron chi connectivity index (χ4n) is 2.69. The highest BCUT2D eigenvalue weighted by atomic mass is 16.7. The van der Waals surface area contributed by atoms with Crippen LogP contribution in [0.2, 0.25) is 0 Å². The van der Waals surface area contributed by atoms with Crippen LogP contribution in [-0.4, -0.2) is 63.7 Å². The van der Waals surface area contributed by atoms with E-state index in [2.05, 4.69) is 0 Å². The Balaban J connectivity index is 2.10. The van der Waals surface area contributed by atoms with Crippen molar-refractivity contribution in [2.24, 2.45) is 0 Å². The maximum absolute atomic E-state index is 10.1. The van der Waals surface area contributed by atoms with Crippen LogP contribution in [0, 0.1) is 0 Å². The lowest BCUT2D eigenvalue weighted by Gasteiger charge is -2.43. The topological polar surface area (TPSA) is 66.4 Å². The molecule has 0 aromatic heterocycles. The fourth-order valence-corrected chi connectivity index (χ4v) is 2.69. The molecule has 0 amide bonds. The molecule has 1 aliphatic heterocycles. The van der Waals surface area contributed by atoms with Crippen LogP contribution in [0.5, 0.6) is 0 Å². The Bertz CT molecular complexity index is 426. The second-order valence-electron chi connectivity index (χ2n) is 5.18. The Hall–Kier alpha value is -1.02. The number of hydrogen-bond donors (Lipinski definition) is 1. The Morgan fingerprint density at radius 3 is 2.27 bits per heavy atom. The Morgan fingerprint density at radius 1 is 1.00 bits per heavy atom. The molecule has 1 aliphatic rings. The zero-order valence-electron chi connectivity index (χ0n) is 13.2. The molecule has 1 heterocycles. The van der Waals surface area contributed by atoms with Crippen molar-refractivity contribution in [2.45, 2.75) is 37.3 Å². The van der Waals surface area contributed by atoms with Crippen LogP contribution in [-0.2, 0) is 30.3 Å². The summed E-state index contributed by atoms with van der Waals surface area (Å²) in [6.45, 7) is 0.703. The van der Waals surface area contributed by atoms with Crippen molar-refractivity contribution in [3.63, 3.8) is 0 Å². The van der Waals surface area contributed by atoms with Crippen LogP contribution < -0.4 is 0 Å². The van der Waals surface area contributed by atoms with Crippen molar-refractivity contribution in [3.05, 3.63) is 35.9 Å². The standard InChI is InChI=1S/C16H24O6/c1-18-10-12-13(19-2)14(15(20-3)16(17)22-12)21-9-11-7-5-4-6-8-11/h4-8,12-17H,9-10H2,1-3H3/t12-,13+,14+,15-,16+/m1/s1. The summed E-state index contributed by atoms with van der Waals surface area (Å²) < 4.78 is 27.5. The van der Waals surface area contributed by atoms with E-state index in [-0.39, 0.29) is 0 Å². The Kier molecular flexibility index (Phi) is 6.75. The van der Waals surface area contributed by atoms with Gasteiger partial charge in [-0.25, -0.2) is 0 Å². The van der Waals surface area contributed by atoms with Gasteiger partial charge in [-0.3, -0.25) is 0 Å². The molecule has 6 nitrogen and oxygen atoms in total. The van der Waals surface area contributed by atoms with E-state index in [1.54, 1.807) is 14.2 Å². The number of benzene rings is 1. The summed E-state index contributed by atoms with van der Waals surface area (Å²) in [6, 6.07) is 9.81. The average molecular weight is 312 g/mol. The zero-order valence-corrected chi connectivity index (χ0v) is 13.2. The molecule has 1 aromatic carbocycles. The predicted octanol–water partition coefficient (Wildman–Crippen LogP) is 0.965. The highest BCUT2D eigenvalue weighted by Gasteiger charge is 2.46. The highest BCUT2D eigenvalue weighted by molar-refractivity contribution is 5.13. The van der Waals surface area contributed by atoms with E-state index in [9.17, 15) is 5.11 Å². The second kappa shape index (κ2) is 8.57. The molecule has 1 aromatic rings. The third-order valence-electron chi connectivity index (χ3n) is 3.77. The van der Waals surface area contributed by atoms with Gasteiger partial charge in [0.1, 0.15) is 24.4 Å². The van der Waals surface area contributed by atoms with Crippen LogP contribution in [0.3, 0.4) is 0 Å². The number of aliphatic hydroxyl groups is 1. The number of aliphatic hydroxyl groups excluding tert-OH is 1. The first-order chi connectivity index (χ1) is 10.7. The lowest BCUT2D eigenvalue weighted by molar-refractivity contribution is -0.305. The molecule has 1 fully saturated rings. The molecule has 0 saturated carbocycles. The number of rotatable bonds is 7. The molecule has 0 bridgehead atoms. The van der Waals surface area contributed by atoms with Crippen LogP contribution in [0.25, 0.3) is 0 Å². The molecule has 6 heteroatoms. The fraction of sp³-hybridized carbons (Fsp3) is 0.625. The molecule has 5 atom stereocenters. The minimum absolute atomic E-state index is 0.303. The van der Waals surface area contributed by atoms with Crippen molar-refractivity contribution >= 4 is 0 Å². The molecule has 0 radical (unpaired) electrons. The van der Waals surface area contributed by atoms with Gasteiger partial charge in [0.05, 0.1) is 13.2 Å². The first kappa shape index (κ1) is 17.3. The molecule has 2 rings (SSSR count). The lowest BCUT2D eigenvalue weighted by Crippen LogP contribution is -2.60. The monoisotopic (exact) mass is 312 g/mol. The van der Waals surface area contributed by atoms with Gasteiger partial charge < -0.3 is 28.8 Å². The predicted molar refractivity (Wildman–Crippen MR) is 79.4 cm³/mol. The van der Waals surface area contributed by atoms with E-state index in [4.69, 9.17) is 23.7 Å². The van der Waals surface area contributed by atoms with Gasteiger partial charge in [-0.05, 0) is 5.56 Å². The summed E-state index contributed by atoms with van der Waals surface area (Å²) in [5.74, 6) is 0. The molecule has 0 spiro atoms. The van der Waals surface area contributed by atoms with Crippen molar-refractivity contribution in [1.29, 1.82) is 0 Å². The molecule has 1 saturated heterocycles. The first-order valence-electron chi connectivity index (χ1n) is 7.24. The average Bonchev–Trinajstić information content (AvgIpc) is 2.54. The van der Waals surface area contributed by atoms with Gasteiger partial charge in [0.25, 0.3) is 0 Å². The van der Waals surface area contributed by atoms with E-state index in [1.165, 1.54) is 7.11 Å². The quantitative estimate of drug-likeness (QED) is 0.809. The van der Waals surface area contributed by atoms with Gasteiger partial charge in [0.15, 0.2) is 6.29 Å².